The lowest BCUT2D eigenvalue weighted by atomic mass is 10.1. The van der Waals surface area contributed by atoms with Gasteiger partial charge < -0.3 is 15.8 Å². The fraction of sp³-hybridized carbons (Fsp3) is 0.417. The number of methoxy groups -OCH3 is 1. The molecule has 2 amide bonds. The molecule has 0 aliphatic carbocycles. The van der Waals surface area contributed by atoms with Crippen LogP contribution >= 0.6 is 0 Å². The molecule has 0 saturated carbocycles. The van der Waals surface area contributed by atoms with Gasteiger partial charge in [-0.2, -0.15) is 0 Å². The highest BCUT2D eigenvalue weighted by atomic mass is 16.5. The van der Waals surface area contributed by atoms with Gasteiger partial charge in [-0.25, -0.2) is 4.79 Å². The van der Waals surface area contributed by atoms with Gasteiger partial charge in [-0.15, -0.1) is 0 Å². The number of carbonyl (C=O) groups is 1. The molecule has 0 fully saturated rings. The van der Waals surface area contributed by atoms with Crippen LogP contribution in [-0.4, -0.2) is 19.7 Å². The van der Waals surface area contributed by atoms with Crippen LogP contribution in [0.2, 0.25) is 0 Å². The number of benzene rings is 1. The number of amides is 2. The zero-order valence-corrected chi connectivity index (χ0v) is 9.75. The van der Waals surface area contributed by atoms with Gasteiger partial charge in [-0.3, -0.25) is 0 Å². The topological polar surface area (TPSA) is 64.3 Å². The fourth-order valence-electron chi connectivity index (χ4n) is 1.59. The molecule has 1 aromatic carbocycles. The summed E-state index contributed by atoms with van der Waals surface area (Å²) in [4.78, 5) is 10.5. The van der Waals surface area contributed by atoms with Gasteiger partial charge in [-0.05, 0) is 30.0 Å². The number of nitrogens with two attached hydrogens (primary N) is 1. The smallest absolute Gasteiger partial charge is 0.312 e. The third-order valence-corrected chi connectivity index (χ3v) is 2.44. The summed E-state index contributed by atoms with van der Waals surface area (Å²) in [5.41, 5.74) is 7.34. The van der Waals surface area contributed by atoms with Crippen molar-refractivity contribution < 1.29 is 9.53 Å². The highest BCUT2D eigenvalue weighted by Gasteiger charge is 2.02. The van der Waals surface area contributed by atoms with Crippen LogP contribution in [0.4, 0.5) is 4.79 Å². The first-order valence-corrected chi connectivity index (χ1v) is 5.36. The van der Waals surface area contributed by atoms with Crippen LogP contribution in [0.15, 0.2) is 18.2 Å². The average Bonchev–Trinajstić information content (AvgIpc) is 2.28. The molecule has 1 rings (SSSR count). The first-order chi connectivity index (χ1) is 7.67. The second-order valence-corrected chi connectivity index (χ2v) is 3.54. The molecule has 0 aliphatic rings. The van der Waals surface area contributed by atoms with Crippen molar-refractivity contribution in [2.75, 3.05) is 13.7 Å². The molecular weight excluding hydrogens is 204 g/mol. The van der Waals surface area contributed by atoms with Gasteiger partial charge in [0, 0.05) is 6.54 Å². The Balaban J connectivity index is 2.64. The maximum atomic E-state index is 10.5. The van der Waals surface area contributed by atoms with E-state index < -0.39 is 6.03 Å². The van der Waals surface area contributed by atoms with Crippen LogP contribution in [0, 0.1) is 0 Å². The molecule has 0 aliphatic heterocycles. The zero-order valence-electron chi connectivity index (χ0n) is 9.75. The molecule has 0 radical (unpaired) electrons. The van der Waals surface area contributed by atoms with Crippen LogP contribution in [0.3, 0.4) is 0 Å². The number of hydrogen-bond acceptors (Lipinski definition) is 2. The Labute approximate surface area is 95.8 Å². The Morgan fingerprint density at radius 2 is 2.25 bits per heavy atom. The predicted octanol–water partition coefficient (Wildman–Crippen LogP) is 1.47. The number of aryl methyl sites for hydroxylation is 1. The minimum absolute atomic E-state index is 0.482. The third-order valence-electron chi connectivity index (χ3n) is 2.44. The Morgan fingerprint density at radius 3 is 2.81 bits per heavy atom. The second kappa shape index (κ2) is 6.00. The SMILES string of the molecule is CCc1cc(CCNC(N)=O)ccc1OC. The first kappa shape index (κ1) is 12.4. The van der Waals surface area contributed by atoms with Crippen LogP contribution < -0.4 is 15.8 Å². The molecule has 4 nitrogen and oxygen atoms in total. The molecule has 1 aromatic rings. The number of hydrogen-bond donors (Lipinski definition) is 2. The van der Waals surface area contributed by atoms with E-state index >= 15 is 0 Å². The minimum Gasteiger partial charge on any atom is -0.496 e. The van der Waals surface area contributed by atoms with E-state index in [1.807, 2.05) is 12.1 Å². The number of rotatable bonds is 5. The van der Waals surface area contributed by atoms with E-state index in [0.29, 0.717) is 6.54 Å². The zero-order chi connectivity index (χ0) is 12.0. The van der Waals surface area contributed by atoms with Gasteiger partial charge in [0.1, 0.15) is 5.75 Å². The van der Waals surface area contributed by atoms with E-state index in [4.69, 9.17) is 10.5 Å². The summed E-state index contributed by atoms with van der Waals surface area (Å²) in [6, 6.07) is 5.57. The molecule has 0 bridgehead atoms. The molecule has 16 heavy (non-hydrogen) atoms. The Morgan fingerprint density at radius 1 is 1.50 bits per heavy atom. The van der Waals surface area contributed by atoms with Gasteiger partial charge in [0.05, 0.1) is 7.11 Å². The molecule has 0 unspecified atom stereocenters. The van der Waals surface area contributed by atoms with E-state index in [0.717, 1.165) is 18.6 Å². The maximum absolute atomic E-state index is 10.5. The fourth-order valence-corrected chi connectivity index (χ4v) is 1.59. The highest BCUT2D eigenvalue weighted by Crippen LogP contribution is 2.20. The first-order valence-electron chi connectivity index (χ1n) is 5.36. The van der Waals surface area contributed by atoms with Crippen molar-refractivity contribution in [3.8, 4) is 5.75 Å². The van der Waals surface area contributed by atoms with Crippen molar-refractivity contribution in [3.63, 3.8) is 0 Å². The standard InChI is InChI=1S/C12H18N2O2/c1-3-10-8-9(4-5-11(10)16-2)6-7-14-12(13)15/h4-5,8H,3,6-7H2,1-2H3,(H3,13,14,15). The normalized spacial score (nSPS) is 9.88. The number of nitrogens with one attached hydrogen (secondary N) is 1. The molecule has 0 heterocycles. The molecule has 0 aromatic heterocycles. The van der Waals surface area contributed by atoms with Gasteiger partial charge in [0.15, 0.2) is 0 Å². The summed E-state index contributed by atoms with van der Waals surface area (Å²) in [6.07, 6.45) is 1.71. The van der Waals surface area contributed by atoms with Crippen molar-refractivity contribution in [1.29, 1.82) is 0 Å². The maximum Gasteiger partial charge on any atom is 0.312 e. The lowest BCUT2D eigenvalue weighted by molar-refractivity contribution is 0.249. The third kappa shape index (κ3) is 3.46. The lowest BCUT2D eigenvalue weighted by Gasteiger charge is -2.09. The van der Waals surface area contributed by atoms with Gasteiger partial charge in [0.2, 0.25) is 0 Å². The number of carbonyl (C=O) groups excluding carboxylic acids is 1. The van der Waals surface area contributed by atoms with Gasteiger partial charge in [0.25, 0.3) is 0 Å². The molecule has 88 valence electrons. The molecule has 0 saturated heterocycles. The summed E-state index contributed by atoms with van der Waals surface area (Å²) in [5.74, 6) is 0.911. The van der Waals surface area contributed by atoms with Crippen molar-refractivity contribution in [2.24, 2.45) is 5.73 Å². The highest BCUT2D eigenvalue weighted by molar-refractivity contribution is 5.71. The van der Waals surface area contributed by atoms with Crippen molar-refractivity contribution in [3.05, 3.63) is 29.3 Å². The Hall–Kier alpha value is -1.71. The van der Waals surface area contributed by atoms with Crippen molar-refractivity contribution >= 4 is 6.03 Å². The molecular formula is C12H18N2O2. The second-order valence-electron chi connectivity index (χ2n) is 3.54. The van der Waals surface area contributed by atoms with E-state index in [2.05, 4.69) is 18.3 Å². The largest absolute Gasteiger partial charge is 0.496 e. The molecule has 3 N–H and O–H groups in total. The van der Waals surface area contributed by atoms with E-state index in [1.165, 1.54) is 11.1 Å². The van der Waals surface area contributed by atoms with Crippen LogP contribution in [0.5, 0.6) is 5.75 Å². The van der Waals surface area contributed by atoms with Gasteiger partial charge in [-0.1, -0.05) is 19.1 Å². The Kier molecular flexibility index (Phi) is 4.64. The number of urea groups is 1. The van der Waals surface area contributed by atoms with Crippen molar-refractivity contribution in [2.45, 2.75) is 19.8 Å². The van der Waals surface area contributed by atoms with Crippen LogP contribution in [0.1, 0.15) is 18.1 Å². The number of primary amides is 1. The van der Waals surface area contributed by atoms with Crippen LogP contribution in [0.25, 0.3) is 0 Å². The van der Waals surface area contributed by atoms with Crippen LogP contribution in [-0.2, 0) is 12.8 Å². The molecule has 0 atom stereocenters. The quantitative estimate of drug-likeness (QED) is 0.792. The van der Waals surface area contributed by atoms with E-state index in [9.17, 15) is 4.79 Å². The minimum atomic E-state index is -0.482. The summed E-state index contributed by atoms with van der Waals surface area (Å²) >= 11 is 0. The van der Waals surface area contributed by atoms with E-state index in [1.54, 1.807) is 7.11 Å². The van der Waals surface area contributed by atoms with Crippen molar-refractivity contribution in [1.82, 2.24) is 5.32 Å². The summed E-state index contributed by atoms with van der Waals surface area (Å²) < 4.78 is 5.24. The molecule has 0 spiro atoms. The number of ether oxygens (including phenoxy) is 1. The predicted molar refractivity (Wildman–Crippen MR) is 63.7 cm³/mol. The monoisotopic (exact) mass is 222 g/mol. The molecule has 4 heteroatoms. The Bertz CT molecular complexity index is 364. The summed E-state index contributed by atoms with van der Waals surface area (Å²) in [5, 5.41) is 2.57. The van der Waals surface area contributed by atoms with E-state index in [-0.39, 0.29) is 0 Å². The average molecular weight is 222 g/mol. The summed E-state index contributed by atoms with van der Waals surface area (Å²) in [6.45, 7) is 2.65. The summed E-state index contributed by atoms with van der Waals surface area (Å²) in [7, 11) is 1.67. The lowest BCUT2D eigenvalue weighted by Crippen LogP contribution is -2.30. The van der Waals surface area contributed by atoms with Gasteiger partial charge >= 0.3 is 6.03 Å².